The first kappa shape index (κ1) is 13.6. The summed E-state index contributed by atoms with van der Waals surface area (Å²) >= 11 is 5.81. The molecule has 1 aromatic heterocycles. The van der Waals surface area contributed by atoms with Gasteiger partial charge < -0.3 is 14.8 Å². The van der Waals surface area contributed by atoms with Crippen LogP contribution in [-0.2, 0) is 19.1 Å². The number of nitrogens with one attached hydrogen (secondary N) is 1. The number of rotatable bonds is 3. The molecule has 2 rings (SSSR count). The van der Waals surface area contributed by atoms with Gasteiger partial charge in [-0.1, -0.05) is 17.7 Å². The third-order valence-corrected chi connectivity index (χ3v) is 3.23. The molecule has 102 valence electrons. The molecule has 2 atom stereocenters. The first-order valence-electron chi connectivity index (χ1n) is 5.64. The van der Waals surface area contributed by atoms with E-state index in [4.69, 9.17) is 16.3 Å². The number of hydrogen-bond acceptors (Lipinski definition) is 6. The van der Waals surface area contributed by atoms with E-state index >= 15 is 0 Å². The summed E-state index contributed by atoms with van der Waals surface area (Å²) in [7, 11) is 2.60. The zero-order valence-corrected chi connectivity index (χ0v) is 11.2. The fourth-order valence-electron chi connectivity index (χ4n) is 2.14. The van der Waals surface area contributed by atoms with Crippen LogP contribution < -0.4 is 5.32 Å². The van der Waals surface area contributed by atoms with E-state index in [1.807, 2.05) is 0 Å². The average molecular weight is 285 g/mol. The van der Waals surface area contributed by atoms with Gasteiger partial charge in [-0.3, -0.25) is 9.59 Å². The number of methoxy groups -OCH3 is 2. The van der Waals surface area contributed by atoms with Crippen molar-refractivity contribution in [1.82, 2.24) is 4.98 Å². The van der Waals surface area contributed by atoms with Crippen LogP contribution in [0.25, 0.3) is 0 Å². The molecule has 0 fully saturated rings. The highest BCUT2D eigenvalue weighted by molar-refractivity contribution is 6.29. The zero-order chi connectivity index (χ0) is 14.0. The van der Waals surface area contributed by atoms with E-state index in [0.29, 0.717) is 16.5 Å². The smallest absolute Gasteiger partial charge is 0.315 e. The number of pyridine rings is 1. The predicted octanol–water partition coefficient (Wildman–Crippen LogP) is 1.35. The Labute approximate surface area is 115 Å². The molecule has 2 unspecified atom stereocenters. The van der Waals surface area contributed by atoms with Crippen molar-refractivity contribution in [3.63, 3.8) is 0 Å². The lowest BCUT2D eigenvalue weighted by atomic mass is 9.94. The molecule has 0 saturated heterocycles. The van der Waals surface area contributed by atoms with Gasteiger partial charge in [-0.25, -0.2) is 4.98 Å². The molecule has 19 heavy (non-hydrogen) atoms. The third-order valence-electron chi connectivity index (χ3n) is 3.02. The maximum atomic E-state index is 11.9. The third kappa shape index (κ3) is 2.63. The molecule has 2 heterocycles. The zero-order valence-electron chi connectivity index (χ0n) is 10.5. The molecule has 0 radical (unpaired) electrons. The average Bonchev–Trinajstić information content (AvgIpc) is 2.74. The Kier molecular flexibility index (Phi) is 3.90. The van der Waals surface area contributed by atoms with Gasteiger partial charge in [0.1, 0.15) is 16.9 Å². The summed E-state index contributed by atoms with van der Waals surface area (Å²) in [4.78, 5) is 27.3. The monoisotopic (exact) mass is 284 g/mol. The van der Waals surface area contributed by atoms with Crippen LogP contribution in [-0.4, -0.2) is 37.2 Å². The van der Waals surface area contributed by atoms with Crippen molar-refractivity contribution >= 4 is 29.4 Å². The summed E-state index contributed by atoms with van der Waals surface area (Å²) in [6, 6.07) is 2.86. The highest BCUT2D eigenvalue weighted by Crippen LogP contribution is 2.37. The van der Waals surface area contributed by atoms with Gasteiger partial charge in [0.05, 0.1) is 26.7 Å². The van der Waals surface area contributed by atoms with Crippen LogP contribution in [0.1, 0.15) is 17.9 Å². The Morgan fingerprint density at radius 3 is 2.74 bits per heavy atom. The van der Waals surface area contributed by atoms with Crippen LogP contribution in [0, 0.1) is 0 Å². The maximum absolute atomic E-state index is 11.9. The molecule has 6 nitrogen and oxygen atoms in total. The van der Waals surface area contributed by atoms with E-state index in [0.717, 1.165) is 0 Å². The summed E-state index contributed by atoms with van der Waals surface area (Å²) < 4.78 is 9.39. The SMILES string of the molecule is COC(=O)CC1Nc2nc(Cl)ccc2C1C(=O)OC. The lowest BCUT2D eigenvalue weighted by Crippen LogP contribution is -2.30. The van der Waals surface area contributed by atoms with Crippen molar-refractivity contribution in [2.45, 2.75) is 18.4 Å². The second kappa shape index (κ2) is 5.44. The number of aromatic nitrogens is 1. The Morgan fingerprint density at radius 1 is 1.37 bits per heavy atom. The number of carbonyl (C=O) groups excluding carboxylic acids is 2. The van der Waals surface area contributed by atoms with Crippen LogP contribution in [0.15, 0.2) is 12.1 Å². The van der Waals surface area contributed by atoms with Crippen LogP contribution in [0.4, 0.5) is 5.82 Å². The molecule has 0 spiro atoms. The van der Waals surface area contributed by atoms with Gasteiger partial charge in [0.2, 0.25) is 0 Å². The van der Waals surface area contributed by atoms with Crippen molar-refractivity contribution in [2.75, 3.05) is 19.5 Å². The van der Waals surface area contributed by atoms with Crippen LogP contribution >= 0.6 is 11.6 Å². The topological polar surface area (TPSA) is 77.5 Å². The van der Waals surface area contributed by atoms with Crippen molar-refractivity contribution in [2.24, 2.45) is 0 Å². The quantitative estimate of drug-likeness (QED) is 0.667. The maximum Gasteiger partial charge on any atom is 0.315 e. The molecular formula is C12H13ClN2O4. The Hall–Kier alpha value is -1.82. The molecule has 1 N–H and O–H groups in total. The number of fused-ring (bicyclic) bond motifs is 1. The molecule has 0 saturated carbocycles. The molecule has 0 aliphatic carbocycles. The van der Waals surface area contributed by atoms with Gasteiger partial charge in [0, 0.05) is 5.56 Å². The summed E-state index contributed by atoms with van der Waals surface area (Å²) in [5.74, 6) is -0.935. The number of hydrogen-bond donors (Lipinski definition) is 1. The summed E-state index contributed by atoms with van der Waals surface area (Å²) in [6.45, 7) is 0. The van der Waals surface area contributed by atoms with E-state index in [-0.39, 0.29) is 6.42 Å². The van der Waals surface area contributed by atoms with Gasteiger partial charge in [0.15, 0.2) is 0 Å². The molecule has 0 amide bonds. The lowest BCUT2D eigenvalue weighted by molar-refractivity contribution is -0.144. The fraction of sp³-hybridized carbons (Fsp3) is 0.417. The van der Waals surface area contributed by atoms with Gasteiger partial charge in [-0.2, -0.15) is 0 Å². The summed E-state index contributed by atoms with van der Waals surface area (Å²) in [6.07, 6.45) is 0.0459. The first-order valence-corrected chi connectivity index (χ1v) is 6.02. The van der Waals surface area contributed by atoms with Crippen molar-refractivity contribution in [3.05, 3.63) is 22.8 Å². The van der Waals surface area contributed by atoms with Gasteiger partial charge in [0.25, 0.3) is 0 Å². The van der Waals surface area contributed by atoms with Gasteiger partial charge in [-0.05, 0) is 6.07 Å². The van der Waals surface area contributed by atoms with E-state index in [1.165, 1.54) is 14.2 Å². The number of nitrogens with zero attached hydrogens (tertiary/aromatic N) is 1. The number of ether oxygens (including phenoxy) is 2. The number of anilines is 1. The highest BCUT2D eigenvalue weighted by Gasteiger charge is 2.40. The second-order valence-electron chi connectivity index (χ2n) is 4.10. The molecule has 1 aliphatic heterocycles. The van der Waals surface area contributed by atoms with Crippen LogP contribution in [0.2, 0.25) is 5.15 Å². The van der Waals surface area contributed by atoms with Gasteiger partial charge in [-0.15, -0.1) is 0 Å². The molecule has 0 bridgehead atoms. The molecule has 7 heteroatoms. The minimum absolute atomic E-state index is 0.0459. The van der Waals surface area contributed by atoms with Crippen LogP contribution in [0.5, 0.6) is 0 Å². The minimum Gasteiger partial charge on any atom is -0.469 e. The summed E-state index contributed by atoms with van der Waals surface area (Å²) in [5.41, 5.74) is 0.671. The lowest BCUT2D eigenvalue weighted by Gasteiger charge is -2.16. The molecular weight excluding hydrogens is 272 g/mol. The second-order valence-corrected chi connectivity index (χ2v) is 4.49. The Bertz CT molecular complexity index is 520. The highest BCUT2D eigenvalue weighted by atomic mass is 35.5. The fourth-order valence-corrected chi connectivity index (χ4v) is 2.29. The number of halogens is 1. The molecule has 1 aliphatic rings. The van der Waals surface area contributed by atoms with Crippen molar-refractivity contribution in [3.8, 4) is 0 Å². The predicted molar refractivity (Wildman–Crippen MR) is 68.0 cm³/mol. The minimum atomic E-state index is -0.594. The normalized spacial score (nSPS) is 20.4. The number of esters is 2. The van der Waals surface area contributed by atoms with E-state index in [2.05, 4.69) is 15.0 Å². The molecule has 1 aromatic rings. The van der Waals surface area contributed by atoms with Crippen molar-refractivity contribution < 1.29 is 19.1 Å². The van der Waals surface area contributed by atoms with Gasteiger partial charge >= 0.3 is 11.9 Å². The standard InChI is InChI=1S/C12H13ClN2O4/c1-18-9(16)5-7-10(12(17)19-2)6-3-4-8(13)15-11(6)14-7/h3-4,7,10H,5H2,1-2H3,(H,14,15). The van der Waals surface area contributed by atoms with E-state index in [1.54, 1.807) is 12.1 Å². The van der Waals surface area contributed by atoms with Crippen LogP contribution in [0.3, 0.4) is 0 Å². The van der Waals surface area contributed by atoms with Crippen molar-refractivity contribution in [1.29, 1.82) is 0 Å². The first-order chi connectivity index (χ1) is 9.06. The summed E-state index contributed by atoms with van der Waals surface area (Å²) in [5, 5.41) is 3.32. The Balaban J connectivity index is 2.32. The largest absolute Gasteiger partial charge is 0.469 e. The van der Waals surface area contributed by atoms with E-state index < -0.39 is 23.9 Å². The number of carbonyl (C=O) groups is 2. The van der Waals surface area contributed by atoms with E-state index in [9.17, 15) is 9.59 Å². The Morgan fingerprint density at radius 2 is 2.11 bits per heavy atom. The molecule has 0 aromatic carbocycles.